The quantitative estimate of drug-likeness (QED) is 0.319. The van der Waals surface area contributed by atoms with Crippen molar-refractivity contribution >= 4 is 15.9 Å². The summed E-state index contributed by atoms with van der Waals surface area (Å²) < 4.78 is 72.9. The van der Waals surface area contributed by atoms with Crippen LogP contribution in [0.15, 0.2) is 0 Å². The van der Waals surface area contributed by atoms with Crippen LogP contribution in [0.4, 0.5) is 13.2 Å². The topological polar surface area (TPSA) is 105 Å². The van der Waals surface area contributed by atoms with Crippen LogP contribution >= 0.6 is 0 Å². The average Bonchev–Trinajstić information content (AvgIpc) is 2.70. The molecule has 1 amide bonds. The number of piperidine rings is 1. The number of carbonyl (C=O) groups excluding carboxylic acids is 1. The van der Waals surface area contributed by atoms with E-state index in [1.54, 1.807) is 0 Å². The molecule has 2 rings (SSSR count). The maximum Gasteiger partial charge on any atom is 0.389 e. The Kier molecular flexibility index (Phi) is 8.71. The summed E-state index contributed by atoms with van der Waals surface area (Å²) in [5.41, 5.74) is 1.49. The number of hydrogen-bond acceptors (Lipinski definition) is 6. The summed E-state index contributed by atoms with van der Waals surface area (Å²) in [6.45, 7) is 0.926. The molecule has 0 unspecified atom stereocenters. The third-order valence-electron chi connectivity index (χ3n) is 5.51. The van der Waals surface area contributed by atoms with Crippen molar-refractivity contribution in [2.24, 2.45) is 0 Å². The lowest BCUT2D eigenvalue weighted by molar-refractivity contribution is -0.136. The monoisotopic (exact) mass is 446 g/mol. The van der Waals surface area contributed by atoms with E-state index in [4.69, 9.17) is 14.7 Å². The molecule has 12 heteroatoms. The Labute approximate surface area is 168 Å². The molecule has 2 N–H and O–H groups in total. The van der Waals surface area contributed by atoms with E-state index in [0.29, 0.717) is 32.3 Å². The summed E-state index contributed by atoms with van der Waals surface area (Å²) in [6.07, 6.45) is -3.26. The maximum absolute atomic E-state index is 13.1. The molecule has 170 valence electrons. The van der Waals surface area contributed by atoms with E-state index < -0.39 is 33.3 Å². The number of nitrogens with zero attached hydrogens (tertiary/aromatic N) is 1. The van der Waals surface area contributed by atoms with Crippen LogP contribution < -0.4 is 5.48 Å². The molecule has 0 radical (unpaired) electrons. The van der Waals surface area contributed by atoms with Gasteiger partial charge in [-0.25, -0.2) is 18.2 Å². The lowest BCUT2D eigenvalue weighted by atomic mass is 9.98. The lowest BCUT2D eigenvalue weighted by Crippen LogP contribution is -2.60. The predicted molar refractivity (Wildman–Crippen MR) is 96.7 cm³/mol. The minimum atomic E-state index is -4.13. The number of unbranched alkanes of at least 4 members (excludes halogenated alkanes) is 2. The van der Waals surface area contributed by atoms with Crippen LogP contribution in [0.1, 0.15) is 51.4 Å². The molecule has 0 aliphatic carbocycles. The van der Waals surface area contributed by atoms with Gasteiger partial charge in [-0.1, -0.05) is 6.42 Å². The Balaban J connectivity index is 1.81. The SMILES string of the molecule is O=C(NO)C1(S(=O)(=O)N2CCC(OCCCCCC(F)(F)F)CC2)CCOCC1. The van der Waals surface area contributed by atoms with E-state index in [1.165, 1.54) is 9.79 Å². The second-order valence-corrected chi connectivity index (χ2v) is 9.70. The van der Waals surface area contributed by atoms with Crippen LogP contribution in [0.5, 0.6) is 0 Å². The Morgan fingerprint density at radius 2 is 1.79 bits per heavy atom. The van der Waals surface area contributed by atoms with E-state index in [9.17, 15) is 26.4 Å². The Morgan fingerprint density at radius 3 is 2.34 bits per heavy atom. The van der Waals surface area contributed by atoms with E-state index in [-0.39, 0.29) is 51.7 Å². The van der Waals surface area contributed by atoms with Gasteiger partial charge in [-0.3, -0.25) is 10.0 Å². The van der Waals surface area contributed by atoms with Gasteiger partial charge in [0.25, 0.3) is 5.91 Å². The van der Waals surface area contributed by atoms with Crippen molar-refractivity contribution in [2.45, 2.75) is 68.4 Å². The zero-order valence-corrected chi connectivity index (χ0v) is 17.1. The Morgan fingerprint density at radius 1 is 1.17 bits per heavy atom. The number of rotatable bonds is 9. The van der Waals surface area contributed by atoms with Crippen molar-refractivity contribution in [2.75, 3.05) is 32.9 Å². The zero-order valence-electron chi connectivity index (χ0n) is 16.2. The highest BCUT2D eigenvalue weighted by atomic mass is 32.2. The molecule has 2 fully saturated rings. The van der Waals surface area contributed by atoms with Crippen LogP contribution in [-0.4, -0.2) is 73.8 Å². The number of amides is 1. The number of hydroxylamine groups is 1. The summed E-state index contributed by atoms with van der Waals surface area (Å²) in [5, 5.41) is 9.05. The first-order chi connectivity index (χ1) is 13.6. The molecule has 8 nitrogen and oxygen atoms in total. The predicted octanol–water partition coefficient (Wildman–Crippen LogP) is 1.97. The number of alkyl halides is 3. The minimum Gasteiger partial charge on any atom is -0.381 e. The molecule has 0 bridgehead atoms. The highest BCUT2D eigenvalue weighted by molar-refractivity contribution is 7.91. The molecule has 29 heavy (non-hydrogen) atoms. The van der Waals surface area contributed by atoms with Gasteiger partial charge in [0.15, 0.2) is 4.75 Å². The van der Waals surface area contributed by atoms with E-state index in [2.05, 4.69) is 0 Å². The summed E-state index contributed by atoms with van der Waals surface area (Å²) in [5.74, 6) is -0.946. The molecule has 0 atom stereocenters. The normalized spacial score (nSPS) is 21.8. The first-order valence-corrected chi connectivity index (χ1v) is 11.3. The van der Waals surface area contributed by atoms with Crippen LogP contribution in [0.3, 0.4) is 0 Å². The molecular formula is C17H29F3N2O6S. The first-order valence-electron chi connectivity index (χ1n) is 9.83. The van der Waals surface area contributed by atoms with Gasteiger partial charge >= 0.3 is 6.18 Å². The zero-order chi connectivity index (χ0) is 21.5. The van der Waals surface area contributed by atoms with E-state index in [1.807, 2.05) is 0 Å². The number of ether oxygens (including phenoxy) is 2. The van der Waals surface area contributed by atoms with Crippen LogP contribution in [0.25, 0.3) is 0 Å². The van der Waals surface area contributed by atoms with Gasteiger partial charge in [0.05, 0.1) is 6.10 Å². The fraction of sp³-hybridized carbons (Fsp3) is 0.941. The molecule has 0 aromatic carbocycles. The highest BCUT2D eigenvalue weighted by Gasteiger charge is 2.54. The Bertz CT molecular complexity index is 630. The smallest absolute Gasteiger partial charge is 0.381 e. The van der Waals surface area contributed by atoms with Crippen molar-refractivity contribution in [3.63, 3.8) is 0 Å². The summed E-state index contributed by atoms with van der Waals surface area (Å²) in [4.78, 5) is 12.2. The first kappa shape index (κ1) is 24.3. The van der Waals surface area contributed by atoms with Crippen molar-refractivity contribution in [3.05, 3.63) is 0 Å². The van der Waals surface area contributed by atoms with Crippen molar-refractivity contribution in [1.82, 2.24) is 9.79 Å². The second kappa shape index (κ2) is 10.4. The van der Waals surface area contributed by atoms with Gasteiger partial charge in [-0.15, -0.1) is 0 Å². The maximum atomic E-state index is 13.1. The van der Waals surface area contributed by atoms with E-state index in [0.717, 1.165) is 0 Å². The van der Waals surface area contributed by atoms with Gasteiger partial charge in [0, 0.05) is 52.2 Å². The fourth-order valence-electron chi connectivity index (χ4n) is 3.75. The van der Waals surface area contributed by atoms with Gasteiger partial charge < -0.3 is 9.47 Å². The van der Waals surface area contributed by atoms with Crippen molar-refractivity contribution in [1.29, 1.82) is 0 Å². The molecule has 0 aromatic rings. The van der Waals surface area contributed by atoms with Crippen molar-refractivity contribution in [3.8, 4) is 0 Å². The van der Waals surface area contributed by atoms with Gasteiger partial charge in [0.2, 0.25) is 10.0 Å². The number of halogens is 3. The summed E-state index contributed by atoms with van der Waals surface area (Å²) in [7, 11) is -4.01. The molecular weight excluding hydrogens is 417 g/mol. The number of sulfonamides is 1. The average molecular weight is 446 g/mol. The number of nitrogens with one attached hydrogen (secondary N) is 1. The Hall–Kier alpha value is -0.950. The lowest BCUT2D eigenvalue weighted by Gasteiger charge is -2.40. The summed E-state index contributed by atoms with van der Waals surface area (Å²) in [6, 6.07) is 0. The third-order valence-corrected chi connectivity index (χ3v) is 8.13. The molecule has 0 aromatic heterocycles. The van der Waals surface area contributed by atoms with E-state index >= 15 is 0 Å². The van der Waals surface area contributed by atoms with Crippen LogP contribution in [0, 0.1) is 0 Å². The molecule has 0 saturated carbocycles. The second-order valence-electron chi connectivity index (χ2n) is 7.45. The molecule has 2 aliphatic heterocycles. The molecule has 2 saturated heterocycles. The van der Waals surface area contributed by atoms with Gasteiger partial charge in [0.1, 0.15) is 0 Å². The summed E-state index contributed by atoms with van der Waals surface area (Å²) >= 11 is 0. The minimum absolute atomic E-state index is 0.0317. The van der Waals surface area contributed by atoms with Crippen LogP contribution in [0.2, 0.25) is 0 Å². The third kappa shape index (κ3) is 6.27. The molecule has 0 spiro atoms. The fourth-order valence-corrected chi connectivity index (χ4v) is 5.89. The molecule has 2 aliphatic rings. The number of carbonyl (C=O) groups is 1. The largest absolute Gasteiger partial charge is 0.389 e. The van der Waals surface area contributed by atoms with Crippen molar-refractivity contribution < 1.29 is 41.1 Å². The van der Waals surface area contributed by atoms with Crippen LogP contribution in [-0.2, 0) is 24.3 Å². The van der Waals surface area contributed by atoms with Gasteiger partial charge in [-0.05, 0) is 25.7 Å². The standard InChI is InChI=1S/C17H29F3N2O6S/c18-17(19,20)6-2-1-3-11-28-14-4-9-22(10-5-14)29(25,26)16(15(23)21-24)7-12-27-13-8-16/h14,24H,1-13H2,(H,21,23). The molecule has 2 heterocycles. The highest BCUT2D eigenvalue weighted by Crippen LogP contribution is 2.34. The van der Waals surface area contributed by atoms with Gasteiger partial charge in [-0.2, -0.15) is 13.2 Å². The number of hydrogen-bond donors (Lipinski definition) is 2.